The Balaban J connectivity index is 1.93. The smallest absolute Gasteiger partial charge is 0.317 e. The number of carbonyl (C=O) groups is 1. The number of urea groups is 1. The van der Waals surface area contributed by atoms with E-state index in [4.69, 9.17) is 0 Å². The van der Waals surface area contributed by atoms with Crippen molar-refractivity contribution in [3.63, 3.8) is 0 Å². The summed E-state index contributed by atoms with van der Waals surface area (Å²) >= 11 is 0. The second-order valence-electron chi connectivity index (χ2n) is 7.52. The zero-order valence-corrected chi connectivity index (χ0v) is 17.0. The van der Waals surface area contributed by atoms with Gasteiger partial charge in [-0.15, -0.1) is 10.2 Å². The molecule has 1 N–H and O–H groups in total. The molecule has 1 aromatic heterocycles. The molecule has 0 unspecified atom stereocenters. The fourth-order valence-electron chi connectivity index (χ4n) is 3.46. The van der Waals surface area contributed by atoms with Crippen molar-refractivity contribution in [3.8, 4) is 0 Å². The van der Waals surface area contributed by atoms with Crippen molar-refractivity contribution in [2.45, 2.75) is 66.5 Å². The van der Waals surface area contributed by atoms with E-state index in [0.717, 1.165) is 63.8 Å². The Kier molecular flexibility index (Phi) is 8.35. The zero-order valence-electron chi connectivity index (χ0n) is 17.0. The first-order valence-electron chi connectivity index (χ1n) is 10.2. The van der Waals surface area contributed by atoms with Gasteiger partial charge >= 0.3 is 6.03 Å². The average molecular weight is 365 g/mol. The summed E-state index contributed by atoms with van der Waals surface area (Å²) in [5.74, 6) is 2.39. The molecule has 0 bridgehead atoms. The number of rotatable bonds is 9. The summed E-state index contributed by atoms with van der Waals surface area (Å²) in [5.41, 5.74) is 0. The minimum atomic E-state index is -0.00294. The molecule has 2 rings (SSSR count). The standard InChI is InChI=1S/C19H36N6O/c1-5-23(6-2)12-13-24(15-16(3)4)19(26)20-14-18-22-21-17-10-8-7-9-11-25(17)18/h16H,5-15H2,1-4H3,(H,20,26). The zero-order chi connectivity index (χ0) is 18.9. The van der Waals surface area contributed by atoms with Gasteiger partial charge in [-0.3, -0.25) is 0 Å². The van der Waals surface area contributed by atoms with Crippen LogP contribution in [0.15, 0.2) is 0 Å². The molecule has 7 heteroatoms. The average Bonchev–Trinajstić information content (AvgIpc) is 2.85. The Morgan fingerprint density at radius 1 is 1.15 bits per heavy atom. The van der Waals surface area contributed by atoms with Crippen LogP contribution in [0.2, 0.25) is 0 Å². The van der Waals surface area contributed by atoms with Gasteiger partial charge in [0.1, 0.15) is 5.82 Å². The topological polar surface area (TPSA) is 66.3 Å². The number of fused-ring (bicyclic) bond motifs is 1. The van der Waals surface area contributed by atoms with E-state index in [0.29, 0.717) is 12.5 Å². The molecule has 1 aromatic rings. The minimum absolute atomic E-state index is 0.00294. The number of carbonyl (C=O) groups excluding carboxylic acids is 1. The minimum Gasteiger partial charge on any atom is -0.331 e. The first-order chi connectivity index (χ1) is 12.5. The molecule has 7 nitrogen and oxygen atoms in total. The molecular formula is C19H36N6O. The molecule has 1 aliphatic rings. The summed E-state index contributed by atoms with van der Waals surface area (Å²) in [6.07, 6.45) is 4.57. The van der Waals surface area contributed by atoms with E-state index < -0.39 is 0 Å². The summed E-state index contributed by atoms with van der Waals surface area (Å²) < 4.78 is 2.19. The first kappa shape index (κ1) is 20.7. The van der Waals surface area contributed by atoms with Crippen molar-refractivity contribution < 1.29 is 4.79 Å². The summed E-state index contributed by atoms with van der Waals surface area (Å²) in [6, 6.07) is -0.00294. The molecule has 0 spiro atoms. The van der Waals surface area contributed by atoms with Crippen LogP contribution in [0.25, 0.3) is 0 Å². The van der Waals surface area contributed by atoms with Gasteiger partial charge in [0.05, 0.1) is 6.54 Å². The van der Waals surface area contributed by atoms with Gasteiger partial charge in [0, 0.05) is 32.6 Å². The predicted octanol–water partition coefficient (Wildman–Crippen LogP) is 2.51. The maximum Gasteiger partial charge on any atom is 0.317 e. The third-order valence-electron chi connectivity index (χ3n) is 5.04. The fraction of sp³-hybridized carbons (Fsp3) is 0.842. The SMILES string of the molecule is CCN(CC)CCN(CC(C)C)C(=O)NCc1nnc2n1CCCCC2. The van der Waals surface area contributed by atoms with Gasteiger partial charge in [0.2, 0.25) is 0 Å². The van der Waals surface area contributed by atoms with Gasteiger partial charge in [0.25, 0.3) is 0 Å². The fourth-order valence-corrected chi connectivity index (χ4v) is 3.46. The number of aryl methyl sites for hydroxylation is 1. The normalized spacial score (nSPS) is 14.4. The van der Waals surface area contributed by atoms with Crippen LogP contribution in [0.4, 0.5) is 4.79 Å². The predicted molar refractivity (Wildman–Crippen MR) is 104 cm³/mol. The molecule has 0 saturated heterocycles. The van der Waals surface area contributed by atoms with E-state index in [1.54, 1.807) is 0 Å². The lowest BCUT2D eigenvalue weighted by Gasteiger charge is -2.28. The van der Waals surface area contributed by atoms with Crippen LogP contribution >= 0.6 is 0 Å². The van der Waals surface area contributed by atoms with Gasteiger partial charge in [-0.25, -0.2) is 4.79 Å². The second-order valence-corrected chi connectivity index (χ2v) is 7.52. The second kappa shape index (κ2) is 10.5. The molecule has 0 aliphatic carbocycles. The Morgan fingerprint density at radius 3 is 2.62 bits per heavy atom. The maximum atomic E-state index is 12.7. The van der Waals surface area contributed by atoms with Crippen LogP contribution in [-0.2, 0) is 19.5 Å². The molecule has 1 aliphatic heterocycles. The van der Waals surface area contributed by atoms with Crippen LogP contribution in [-0.4, -0.2) is 63.3 Å². The monoisotopic (exact) mass is 364 g/mol. The summed E-state index contributed by atoms with van der Waals surface area (Å²) in [4.78, 5) is 17.0. The quantitative estimate of drug-likeness (QED) is 0.731. The van der Waals surface area contributed by atoms with Crippen molar-refractivity contribution in [2.75, 3.05) is 32.7 Å². The largest absolute Gasteiger partial charge is 0.331 e. The third kappa shape index (κ3) is 5.97. The highest BCUT2D eigenvalue weighted by Crippen LogP contribution is 2.14. The number of nitrogens with one attached hydrogen (secondary N) is 1. The summed E-state index contributed by atoms with van der Waals surface area (Å²) in [6.45, 7) is 14.5. The van der Waals surface area contributed by atoms with Crippen LogP contribution in [0.5, 0.6) is 0 Å². The lowest BCUT2D eigenvalue weighted by atomic mass is 10.2. The van der Waals surface area contributed by atoms with Crippen LogP contribution < -0.4 is 5.32 Å². The molecule has 0 radical (unpaired) electrons. The number of hydrogen-bond donors (Lipinski definition) is 1. The van der Waals surface area contributed by atoms with E-state index >= 15 is 0 Å². The number of hydrogen-bond acceptors (Lipinski definition) is 4. The Labute approximate surface area is 158 Å². The first-order valence-corrected chi connectivity index (χ1v) is 10.2. The maximum absolute atomic E-state index is 12.7. The molecule has 2 amide bonds. The van der Waals surface area contributed by atoms with Crippen LogP contribution in [0.1, 0.15) is 58.6 Å². The number of amides is 2. The number of likely N-dealkylation sites (N-methyl/N-ethyl adjacent to an activating group) is 1. The molecule has 0 fully saturated rings. The highest BCUT2D eigenvalue weighted by molar-refractivity contribution is 5.74. The molecule has 0 saturated carbocycles. The summed E-state index contributed by atoms with van der Waals surface area (Å²) in [5, 5.41) is 11.7. The van der Waals surface area contributed by atoms with Gasteiger partial charge in [-0.2, -0.15) is 0 Å². The highest BCUT2D eigenvalue weighted by Gasteiger charge is 2.18. The van der Waals surface area contributed by atoms with E-state index in [-0.39, 0.29) is 6.03 Å². The molecular weight excluding hydrogens is 328 g/mol. The van der Waals surface area contributed by atoms with Crippen LogP contribution in [0.3, 0.4) is 0 Å². The van der Waals surface area contributed by atoms with Gasteiger partial charge in [0.15, 0.2) is 5.82 Å². The van der Waals surface area contributed by atoms with E-state index in [1.807, 2.05) is 4.90 Å². The lowest BCUT2D eigenvalue weighted by Crippen LogP contribution is -2.45. The van der Waals surface area contributed by atoms with Gasteiger partial charge in [-0.05, 0) is 31.8 Å². The van der Waals surface area contributed by atoms with Crippen molar-refractivity contribution in [1.82, 2.24) is 29.9 Å². The van der Waals surface area contributed by atoms with Crippen molar-refractivity contribution in [1.29, 1.82) is 0 Å². The van der Waals surface area contributed by atoms with E-state index in [2.05, 4.69) is 52.7 Å². The van der Waals surface area contributed by atoms with E-state index in [9.17, 15) is 4.79 Å². The molecule has 2 heterocycles. The summed E-state index contributed by atoms with van der Waals surface area (Å²) in [7, 11) is 0. The molecule has 148 valence electrons. The lowest BCUT2D eigenvalue weighted by molar-refractivity contribution is 0.177. The van der Waals surface area contributed by atoms with Crippen molar-refractivity contribution in [3.05, 3.63) is 11.6 Å². The van der Waals surface area contributed by atoms with Gasteiger partial charge < -0.3 is 19.7 Å². The molecule has 26 heavy (non-hydrogen) atoms. The van der Waals surface area contributed by atoms with E-state index in [1.165, 1.54) is 12.8 Å². The van der Waals surface area contributed by atoms with Crippen LogP contribution in [0, 0.1) is 5.92 Å². The number of nitrogens with zero attached hydrogens (tertiary/aromatic N) is 5. The Hall–Kier alpha value is -1.63. The molecule has 0 aromatic carbocycles. The van der Waals surface area contributed by atoms with Crippen molar-refractivity contribution >= 4 is 6.03 Å². The van der Waals surface area contributed by atoms with Crippen molar-refractivity contribution in [2.24, 2.45) is 5.92 Å². The molecule has 0 atom stereocenters. The Morgan fingerprint density at radius 2 is 1.92 bits per heavy atom. The Bertz CT molecular complexity index is 552. The number of aromatic nitrogens is 3. The highest BCUT2D eigenvalue weighted by atomic mass is 16.2. The van der Waals surface area contributed by atoms with Gasteiger partial charge in [-0.1, -0.05) is 34.1 Å². The third-order valence-corrected chi connectivity index (χ3v) is 5.04.